The summed E-state index contributed by atoms with van der Waals surface area (Å²) in [6.45, 7) is 2.37. The minimum Gasteiger partial charge on any atom is -0.497 e. The van der Waals surface area contributed by atoms with E-state index >= 15 is 0 Å². The van der Waals surface area contributed by atoms with E-state index in [0.717, 1.165) is 0 Å². The standard InChI is InChI=1S/C23H22N2O4/c1-3-29-21-10-5-4-9-20(21)25-23(27)17-8-6-7-16(15-17)22(26)24-18-11-13-19(28-2)14-12-18/h4-15H,3H2,1-2H3,(H,24,26)(H,25,27). The van der Waals surface area contributed by atoms with Crippen LogP contribution in [0.25, 0.3) is 0 Å². The van der Waals surface area contributed by atoms with E-state index < -0.39 is 0 Å². The third kappa shape index (κ3) is 5.13. The second-order valence-electron chi connectivity index (χ2n) is 6.15. The van der Waals surface area contributed by atoms with Crippen LogP contribution in [0, 0.1) is 0 Å². The van der Waals surface area contributed by atoms with Gasteiger partial charge in [-0.3, -0.25) is 9.59 Å². The van der Waals surface area contributed by atoms with Crippen LogP contribution in [0.3, 0.4) is 0 Å². The average Bonchev–Trinajstić information content (AvgIpc) is 2.76. The van der Waals surface area contributed by atoms with Crippen LogP contribution < -0.4 is 20.1 Å². The fourth-order valence-corrected chi connectivity index (χ4v) is 2.73. The molecule has 0 aliphatic carbocycles. The lowest BCUT2D eigenvalue weighted by molar-refractivity contribution is 0.102. The first-order chi connectivity index (χ1) is 14.1. The minimum atomic E-state index is -0.323. The number of methoxy groups -OCH3 is 1. The molecule has 3 aromatic carbocycles. The van der Waals surface area contributed by atoms with Crippen molar-refractivity contribution in [2.24, 2.45) is 0 Å². The van der Waals surface area contributed by atoms with Crippen molar-refractivity contribution in [1.29, 1.82) is 0 Å². The van der Waals surface area contributed by atoms with E-state index in [0.29, 0.717) is 40.6 Å². The van der Waals surface area contributed by atoms with Crippen LogP contribution in [0.1, 0.15) is 27.6 Å². The average molecular weight is 390 g/mol. The van der Waals surface area contributed by atoms with Crippen molar-refractivity contribution in [2.45, 2.75) is 6.92 Å². The first-order valence-corrected chi connectivity index (χ1v) is 9.19. The zero-order chi connectivity index (χ0) is 20.6. The maximum absolute atomic E-state index is 12.7. The van der Waals surface area contributed by atoms with Crippen LogP contribution in [0.5, 0.6) is 11.5 Å². The number of amides is 2. The van der Waals surface area contributed by atoms with Gasteiger partial charge in [-0.2, -0.15) is 0 Å². The molecule has 3 aromatic rings. The summed E-state index contributed by atoms with van der Waals surface area (Å²) in [6.07, 6.45) is 0. The Morgan fingerprint density at radius 1 is 0.828 bits per heavy atom. The molecule has 148 valence electrons. The summed E-state index contributed by atoms with van der Waals surface area (Å²) < 4.78 is 10.6. The molecular formula is C23H22N2O4. The zero-order valence-corrected chi connectivity index (χ0v) is 16.3. The van der Waals surface area contributed by atoms with E-state index in [-0.39, 0.29) is 11.8 Å². The smallest absolute Gasteiger partial charge is 0.255 e. The maximum atomic E-state index is 12.7. The number of carbonyl (C=O) groups excluding carboxylic acids is 2. The molecule has 6 heteroatoms. The molecule has 2 amide bonds. The van der Waals surface area contributed by atoms with Crippen molar-refractivity contribution < 1.29 is 19.1 Å². The number of hydrogen-bond acceptors (Lipinski definition) is 4. The summed E-state index contributed by atoms with van der Waals surface area (Å²) in [7, 11) is 1.58. The molecule has 2 N–H and O–H groups in total. The number of nitrogens with one attached hydrogen (secondary N) is 2. The molecule has 3 rings (SSSR count). The highest BCUT2D eigenvalue weighted by Crippen LogP contribution is 2.24. The Morgan fingerprint density at radius 3 is 2.14 bits per heavy atom. The number of hydrogen-bond donors (Lipinski definition) is 2. The molecule has 6 nitrogen and oxygen atoms in total. The number of carbonyl (C=O) groups is 2. The first-order valence-electron chi connectivity index (χ1n) is 9.19. The highest BCUT2D eigenvalue weighted by molar-refractivity contribution is 6.09. The number of para-hydroxylation sites is 2. The van der Waals surface area contributed by atoms with Crippen molar-refractivity contribution in [3.8, 4) is 11.5 Å². The van der Waals surface area contributed by atoms with Crippen LogP contribution in [0.4, 0.5) is 11.4 Å². The van der Waals surface area contributed by atoms with Crippen molar-refractivity contribution in [3.05, 3.63) is 83.9 Å². The highest BCUT2D eigenvalue weighted by atomic mass is 16.5. The van der Waals surface area contributed by atoms with Gasteiger partial charge in [0.2, 0.25) is 0 Å². The van der Waals surface area contributed by atoms with Crippen LogP contribution in [-0.4, -0.2) is 25.5 Å². The molecule has 0 fully saturated rings. The number of ether oxygens (including phenoxy) is 2. The molecule has 0 saturated carbocycles. The van der Waals surface area contributed by atoms with Gasteiger partial charge in [0, 0.05) is 16.8 Å². The Morgan fingerprint density at radius 2 is 1.48 bits per heavy atom. The van der Waals surface area contributed by atoms with Crippen LogP contribution in [0.15, 0.2) is 72.8 Å². The molecule has 0 atom stereocenters. The fraction of sp³-hybridized carbons (Fsp3) is 0.130. The molecule has 0 saturated heterocycles. The Balaban J connectivity index is 1.73. The Bertz CT molecular complexity index is 1000. The van der Waals surface area contributed by atoms with Gasteiger partial charge < -0.3 is 20.1 Å². The monoisotopic (exact) mass is 390 g/mol. The van der Waals surface area contributed by atoms with Crippen molar-refractivity contribution in [1.82, 2.24) is 0 Å². The van der Waals surface area contributed by atoms with E-state index in [9.17, 15) is 9.59 Å². The summed E-state index contributed by atoms with van der Waals surface area (Å²) >= 11 is 0. The summed E-state index contributed by atoms with van der Waals surface area (Å²) in [6, 6.07) is 20.8. The number of anilines is 2. The normalized spacial score (nSPS) is 10.1. The first kappa shape index (κ1) is 19.9. The summed E-state index contributed by atoms with van der Waals surface area (Å²) in [5.41, 5.74) is 1.97. The fourth-order valence-electron chi connectivity index (χ4n) is 2.73. The lowest BCUT2D eigenvalue weighted by Crippen LogP contribution is -2.16. The second kappa shape index (κ2) is 9.41. The van der Waals surface area contributed by atoms with Crippen LogP contribution >= 0.6 is 0 Å². The largest absolute Gasteiger partial charge is 0.497 e. The van der Waals surface area contributed by atoms with Crippen LogP contribution in [0.2, 0.25) is 0 Å². The summed E-state index contributed by atoms with van der Waals surface area (Å²) in [5.74, 6) is 0.668. The topological polar surface area (TPSA) is 76.7 Å². The van der Waals surface area contributed by atoms with E-state index in [4.69, 9.17) is 9.47 Å². The van der Waals surface area contributed by atoms with Gasteiger partial charge in [0.05, 0.1) is 19.4 Å². The molecule has 0 aromatic heterocycles. The summed E-state index contributed by atoms with van der Waals surface area (Å²) in [5, 5.41) is 5.64. The molecule has 0 spiro atoms. The SMILES string of the molecule is CCOc1ccccc1NC(=O)c1cccc(C(=O)Nc2ccc(OC)cc2)c1. The Labute approximate surface area is 169 Å². The molecule has 29 heavy (non-hydrogen) atoms. The number of rotatable bonds is 7. The lowest BCUT2D eigenvalue weighted by atomic mass is 10.1. The van der Waals surface area contributed by atoms with Gasteiger partial charge in [-0.15, -0.1) is 0 Å². The van der Waals surface area contributed by atoms with E-state index in [1.807, 2.05) is 19.1 Å². The zero-order valence-electron chi connectivity index (χ0n) is 16.3. The minimum absolute atomic E-state index is 0.306. The lowest BCUT2D eigenvalue weighted by Gasteiger charge is -2.12. The van der Waals surface area contributed by atoms with Gasteiger partial charge in [0.1, 0.15) is 11.5 Å². The van der Waals surface area contributed by atoms with Gasteiger partial charge in [0.25, 0.3) is 11.8 Å². The van der Waals surface area contributed by atoms with E-state index in [2.05, 4.69) is 10.6 Å². The van der Waals surface area contributed by atoms with E-state index in [1.165, 1.54) is 0 Å². The molecule has 0 aliphatic heterocycles. The number of benzene rings is 3. The van der Waals surface area contributed by atoms with Crippen LogP contribution in [-0.2, 0) is 0 Å². The molecular weight excluding hydrogens is 368 g/mol. The van der Waals surface area contributed by atoms with Crippen molar-refractivity contribution in [3.63, 3.8) is 0 Å². The van der Waals surface area contributed by atoms with Gasteiger partial charge in [-0.1, -0.05) is 18.2 Å². The Kier molecular flexibility index (Phi) is 6.47. The molecule has 0 bridgehead atoms. The van der Waals surface area contributed by atoms with Crippen molar-refractivity contribution >= 4 is 23.2 Å². The van der Waals surface area contributed by atoms with Gasteiger partial charge in [-0.25, -0.2) is 0 Å². The predicted octanol–water partition coefficient (Wildman–Crippen LogP) is 4.60. The summed E-state index contributed by atoms with van der Waals surface area (Å²) in [4.78, 5) is 25.2. The van der Waals surface area contributed by atoms with E-state index in [1.54, 1.807) is 67.8 Å². The Hall–Kier alpha value is -3.80. The predicted molar refractivity (Wildman–Crippen MR) is 113 cm³/mol. The van der Waals surface area contributed by atoms with Gasteiger partial charge in [-0.05, 0) is 61.5 Å². The molecule has 0 heterocycles. The second-order valence-corrected chi connectivity index (χ2v) is 6.15. The van der Waals surface area contributed by atoms with Gasteiger partial charge >= 0.3 is 0 Å². The van der Waals surface area contributed by atoms with Crippen molar-refractivity contribution in [2.75, 3.05) is 24.4 Å². The third-order valence-electron chi connectivity index (χ3n) is 4.17. The van der Waals surface area contributed by atoms with Gasteiger partial charge in [0.15, 0.2) is 0 Å². The third-order valence-corrected chi connectivity index (χ3v) is 4.17. The molecule has 0 aliphatic rings. The maximum Gasteiger partial charge on any atom is 0.255 e. The highest BCUT2D eigenvalue weighted by Gasteiger charge is 2.13. The molecule has 0 unspecified atom stereocenters. The molecule has 0 radical (unpaired) electrons. The quantitative estimate of drug-likeness (QED) is 0.618.